The highest BCUT2D eigenvalue weighted by molar-refractivity contribution is 5.83. The molecule has 0 aromatic carbocycles. The van der Waals surface area contributed by atoms with Gasteiger partial charge in [-0.15, -0.1) is 0 Å². The zero-order chi connectivity index (χ0) is 9.35. The van der Waals surface area contributed by atoms with Crippen LogP contribution in [0.25, 0.3) is 0 Å². The number of carbonyl (C=O) groups excluding carboxylic acids is 1. The van der Waals surface area contributed by atoms with E-state index in [4.69, 9.17) is 15.3 Å². The van der Waals surface area contributed by atoms with Crippen molar-refractivity contribution < 1.29 is 30.0 Å². The van der Waals surface area contributed by atoms with Crippen LogP contribution in [0.3, 0.4) is 0 Å². The maximum Gasteiger partial charge on any atom is 0.343 e. The van der Waals surface area contributed by atoms with Gasteiger partial charge in [0.05, 0.1) is 13.2 Å². The molecule has 1 saturated heterocycles. The second kappa shape index (κ2) is 2.98. The Morgan fingerprint density at radius 3 is 2.33 bits per heavy atom. The molecule has 0 saturated carbocycles. The highest BCUT2D eigenvalue weighted by Crippen LogP contribution is 2.25. The first-order valence-electron chi connectivity index (χ1n) is 3.39. The van der Waals surface area contributed by atoms with Gasteiger partial charge in [-0.05, 0) is 0 Å². The maximum atomic E-state index is 10.8. The third-order valence-electron chi connectivity index (χ3n) is 1.87. The van der Waals surface area contributed by atoms with Crippen LogP contribution in [0, 0.1) is 0 Å². The fourth-order valence-corrected chi connectivity index (χ4v) is 1.03. The van der Waals surface area contributed by atoms with Crippen LogP contribution in [0.2, 0.25) is 0 Å². The molecule has 12 heavy (non-hydrogen) atoms. The van der Waals surface area contributed by atoms with E-state index in [1.54, 1.807) is 0 Å². The molecule has 70 valence electrons. The zero-order valence-electron chi connectivity index (χ0n) is 6.17. The third kappa shape index (κ3) is 1.09. The number of cyclic esters (lactones) is 1. The van der Waals surface area contributed by atoms with E-state index in [9.17, 15) is 9.90 Å². The first-order valence-corrected chi connectivity index (χ1v) is 3.39. The molecule has 0 aromatic heterocycles. The van der Waals surface area contributed by atoms with Crippen LogP contribution >= 0.6 is 0 Å². The van der Waals surface area contributed by atoms with E-state index in [2.05, 4.69) is 4.74 Å². The number of rotatable bonds is 2. The first-order chi connectivity index (χ1) is 5.56. The van der Waals surface area contributed by atoms with Crippen molar-refractivity contribution in [2.75, 3.05) is 13.2 Å². The summed E-state index contributed by atoms with van der Waals surface area (Å²) in [5, 5.41) is 35.6. The van der Waals surface area contributed by atoms with Gasteiger partial charge in [0, 0.05) is 0 Å². The Kier molecular flexibility index (Phi) is 2.34. The van der Waals surface area contributed by atoms with E-state index in [-0.39, 0.29) is 0 Å². The molecule has 0 amide bonds. The van der Waals surface area contributed by atoms with Crippen molar-refractivity contribution in [1.82, 2.24) is 0 Å². The van der Waals surface area contributed by atoms with Gasteiger partial charge in [-0.1, -0.05) is 0 Å². The molecule has 0 aromatic rings. The smallest absolute Gasteiger partial charge is 0.343 e. The monoisotopic (exact) mass is 178 g/mol. The Hall–Kier alpha value is -0.690. The summed E-state index contributed by atoms with van der Waals surface area (Å²) in [4.78, 5) is 10.8. The van der Waals surface area contributed by atoms with Gasteiger partial charge in [0.15, 0.2) is 6.10 Å². The highest BCUT2D eigenvalue weighted by atomic mass is 16.6. The molecular weight excluding hydrogens is 168 g/mol. The van der Waals surface area contributed by atoms with Crippen LogP contribution in [0.1, 0.15) is 0 Å². The molecule has 6 nitrogen and oxygen atoms in total. The minimum atomic E-state index is -2.28. The minimum Gasteiger partial charge on any atom is -0.455 e. The average molecular weight is 178 g/mol. The lowest BCUT2D eigenvalue weighted by molar-refractivity contribution is -0.160. The Morgan fingerprint density at radius 1 is 1.50 bits per heavy atom. The largest absolute Gasteiger partial charge is 0.455 e. The summed E-state index contributed by atoms with van der Waals surface area (Å²) < 4.78 is 4.38. The van der Waals surface area contributed by atoms with Gasteiger partial charge in [0.1, 0.15) is 6.10 Å². The normalized spacial score (nSPS) is 41.5. The number of ether oxygens (including phenoxy) is 1. The standard InChI is InChI=1S/C6H10O6/c7-1-3-4(9)6(11,2-8)5(10)12-3/h3-4,7-9,11H,1-2H2/t3-,4-,6-/m1/s1. The molecule has 1 rings (SSSR count). The summed E-state index contributed by atoms with van der Waals surface area (Å²) in [6.07, 6.45) is -2.74. The molecular formula is C6H10O6. The number of hydrogen-bond donors (Lipinski definition) is 4. The van der Waals surface area contributed by atoms with Crippen LogP contribution in [0.5, 0.6) is 0 Å². The predicted molar refractivity (Wildman–Crippen MR) is 35.0 cm³/mol. The fourth-order valence-electron chi connectivity index (χ4n) is 1.03. The Labute approximate surface area is 68.0 Å². The van der Waals surface area contributed by atoms with Gasteiger partial charge in [-0.3, -0.25) is 0 Å². The fraction of sp³-hybridized carbons (Fsp3) is 0.833. The van der Waals surface area contributed by atoms with Crippen molar-refractivity contribution in [3.63, 3.8) is 0 Å². The van der Waals surface area contributed by atoms with Crippen molar-refractivity contribution in [3.05, 3.63) is 0 Å². The molecule has 1 heterocycles. The van der Waals surface area contributed by atoms with Crippen LogP contribution < -0.4 is 0 Å². The lowest BCUT2D eigenvalue weighted by Gasteiger charge is -2.19. The van der Waals surface area contributed by atoms with Crippen molar-refractivity contribution in [3.8, 4) is 0 Å². The number of carbonyl (C=O) groups is 1. The molecule has 0 unspecified atom stereocenters. The summed E-state index contributed by atoms with van der Waals surface area (Å²) in [6.45, 7) is -1.52. The molecule has 1 aliphatic heterocycles. The summed E-state index contributed by atoms with van der Waals surface area (Å²) >= 11 is 0. The van der Waals surface area contributed by atoms with E-state index < -0.39 is 37.0 Å². The summed E-state index contributed by atoms with van der Waals surface area (Å²) in [6, 6.07) is 0. The average Bonchev–Trinajstić information content (AvgIpc) is 2.30. The van der Waals surface area contributed by atoms with Crippen molar-refractivity contribution in [2.24, 2.45) is 0 Å². The third-order valence-corrected chi connectivity index (χ3v) is 1.87. The van der Waals surface area contributed by atoms with Crippen molar-refractivity contribution >= 4 is 5.97 Å². The SMILES string of the molecule is O=C1O[C@H](CO)[C@@H](O)[C@]1(O)CO. The first kappa shape index (κ1) is 9.40. The van der Waals surface area contributed by atoms with Gasteiger partial charge in [0.25, 0.3) is 0 Å². The molecule has 1 aliphatic rings. The Balaban J connectivity index is 2.83. The number of hydrogen-bond acceptors (Lipinski definition) is 6. The summed E-state index contributed by atoms with van der Waals surface area (Å²) in [5.41, 5.74) is -2.28. The Bertz CT molecular complexity index is 192. The maximum absolute atomic E-state index is 10.8. The highest BCUT2D eigenvalue weighted by Gasteiger charge is 2.55. The van der Waals surface area contributed by atoms with Gasteiger partial charge in [-0.25, -0.2) is 4.79 Å². The lowest BCUT2D eigenvalue weighted by atomic mass is 9.97. The molecule has 0 radical (unpaired) electrons. The number of aliphatic hydroxyl groups excluding tert-OH is 3. The van der Waals surface area contributed by atoms with E-state index in [1.807, 2.05) is 0 Å². The molecule has 0 bridgehead atoms. The van der Waals surface area contributed by atoms with Gasteiger partial charge in [0.2, 0.25) is 5.60 Å². The van der Waals surface area contributed by atoms with Crippen molar-refractivity contribution in [2.45, 2.75) is 17.8 Å². The van der Waals surface area contributed by atoms with Crippen LogP contribution in [-0.2, 0) is 9.53 Å². The quantitative estimate of drug-likeness (QED) is 0.335. The van der Waals surface area contributed by atoms with Crippen molar-refractivity contribution in [1.29, 1.82) is 0 Å². The van der Waals surface area contributed by atoms with E-state index >= 15 is 0 Å². The minimum absolute atomic E-state index is 0.588. The molecule has 4 N–H and O–H groups in total. The number of aliphatic hydroxyl groups is 4. The second-order valence-electron chi connectivity index (χ2n) is 2.65. The van der Waals surface area contributed by atoms with Gasteiger partial charge >= 0.3 is 5.97 Å². The molecule has 3 atom stereocenters. The Morgan fingerprint density at radius 2 is 2.08 bits per heavy atom. The van der Waals surface area contributed by atoms with Crippen LogP contribution in [0.15, 0.2) is 0 Å². The molecule has 0 aliphatic carbocycles. The topological polar surface area (TPSA) is 107 Å². The summed E-state index contributed by atoms with van der Waals surface area (Å²) in [7, 11) is 0. The van der Waals surface area contributed by atoms with Gasteiger partial charge in [-0.2, -0.15) is 0 Å². The molecule has 0 spiro atoms. The lowest BCUT2D eigenvalue weighted by Crippen LogP contribution is -2.49. The second-order valence-corrected chi connectivity index (χ2v) is 2.65. The van der Waals surface area contributed by atoms with E-state index in [0.29, 0.717) is 0 Å². The van der Waals surface area contributed by atoms with Crippen LogP contribution in [-0.4, -0.2) is 57.4 Å². The molecule has 6 heteroatoms. The molecule has 1 fully saturated rings. The van der Waals surface area contributed by atoms with Crippen LogP contribution in [0.4, 0.5) is 0 Å². The summed E-state index contributed by atoms with van der Waals surface area (Å²) in [5.74, 6) is -1.11. The van der Waals surface area contributed by atoms with Gasteiger partial charge < -0.3 is 25.2 Å². The van der Waals surface area contributed by atoms with E-state index in [1.165, 1.54) is 0 Å². The number of esters is 1. The predicted octanol–water partition coefficient (Wildman–Crippen LogP) is -3.01. The zero-order valence-corrected chi connectivity index (χ0v) is 6.17. The van der Waals surface area contributed by atoms with E-state index in [0.717, 1.165) is 0 Å².